The number of aldehydes is 1. The number of carbonyl (C=O) groups excluding carboxylic acids is 1. The van der Waals surface area contributed by atoms with Gasteiger partial charge in [0.1, 0.15) is 12.0 Å². The largest absolute Gasteiger partial charge is 0.507 e. The zero-order valence-corrected chi connectivity index (χ0v) is 9.94. The summed E-state index contributed by atoms with van der Waals surface area (Å²) in [6, 6.07) is 10.0. The second-order valence-electron chi connectivity index (χ2n) is 4.30. The maximum Gasteiger partial charge on any atom is 0.122 e. The Morgan fingerprint density at radius 1 is 1.29 bits per heavy atom. The third kappa shape index (κ3) is 2.31. The van der Waals surface area contributed by atoms with Gasteiger partial charge >= 0.3 is 0 Å². The highest BCUT2D eigenvalue weighted by molar-refractivity contribution is 5.88. The van der Waals surface area contributed by atoms with E-state index in [4.69, 9.17) is 0 Å². The lowest BCUT2D eigenvalue weighted by Crippen LogP contribution is -1.92. The first-order valence-electron chi connectivity index (χ1n) is 5.88. The molecule has 0 aliphatic carbocycles. The lowest BCUT2D eigenvalue weighted by molar-refractivity contribution is -0.107. The lowest BCUT2D eigenvalue weighted by atomic mass is 9.96. The molecule has 2 aromatic carbocycles. The molecule has 0 saturated heterocycles. The van der Waals surface area contributed by atoms with Crippen LogP contribution < -0.4 is 0 Å². The molecule has 0 spiro atoms. The van der Waals surface area contributed by atoms with Crippen LogP contribution in [0.15, 0.2) is 30.3 Å². The average Bonchev–Trinajstić information content (AvgIpc) is 2.34. The van der Waals surface area contributed by atoms with Crippen LogP contribution in [-0.2, 0) is 11.2 Å². The SMILES string of the molecule is Cc1cc2ccccc2c(CCCC=O)c1O. The van der Waals surface area contributed by atoms with Gasteiger partial charge < -0.3 is 9.90 Å². The molecule has 0 fully saturated rings. The maximum absolute atomic E-state index is 10.3. The number of rotatable bonds is 4. The van der Waals surface area contributed by atoms with Crippen molar-refractivity contribution in [1.82, 2.24) is 0 Å². The van der Waals surface area contributed by atoms with Gasteiger partial charge in [-0.15, -0.1) is 0 Å². The van der Waals surface area contributed by atoms with Gasteiger partial charge in [0.15, 0.2) is 0 Å². The Bertz CT molecular complexity index is 544. The summed E-state index contributed by atoms with van der Waals surface area (Å²) in [6.45, 7) is 1.91. The van der Waals surface area contributed by atoms with E-state index < -0.39 is 0 Å². The molecular formula is C15H16O2. The van der Waals surface area contributed by atoms with Crippen molar-refractivity contribution in [2.45, 2.75) is 26.2 Å². The zero-order valence-electron chi connectivity index (χ0n) is 9.94. The Kier molecular flexibility index (Phi) is 3.43. The lowest BCUT2D eigenvalue weighted by Gasteiger charge is -2.11. The standard InChI is InChI=1S/C15H16O2/c1-11-10-12-6-2-3-7-13(12)14(15(11)17)8-4-5-9-16/h2-3,6-7,9-10,17H,4-5,8H2,1H3. The van der Waals surface area contributed by atoms with Gasteiger partial charge in [-0.05, 0) is 42.2 Å². The number of carbonyl (C=O) groups is 1. The van der Waals surface area contributed by atoms with Gasteiger partial charge in [0.2, 0.25) is 0 Å². The van der Waals surface area contributed by atoms with Crippen molar-refractivity contribution in [1.29, 1.82) is 0 Å². The van der Waals surface area contributed by atoms with Gasteiger partial charge in [0, 0.05) is 12.0 Å². The van der Waals surface area contributed by atoms with E-state index >= 15 is 0 Å². The van der Waals surface area contributed by atoms with Crippen molar-refractivity contribution >= 4 is 17.1 Å². The second-order valence-corrected chi connectivity index (χ2v) is 4.30. The number of hydrogen-bond acceptors (Lipinski definition) is 2. The maximum atomic E-state index is 10.3. The van der Waals surface area contributed by atoms with Crippen molar-refractivity contribution < 1.29 is 9.90 Å². The van der Waals surface area contributed by atoms with E-state index in [1.54, 1.807) is 0 Å². The van der Waals surface area contributed by atoms with Crippen LogP contribution >= 0.6 is 0 Å². The van der Waals surface area contributed by atoms with Gasteiger partial charge in [-0.25, -0.2) is 0 Å². The van der Waals surface area contributed by atoms with Gasteiger partial charge in [-0.3, -0.25) is 0 Å². The van der Waals surface area contributed by atoms with Crippen molar-refractivity contribution in [3.8, 4) is 5.75 Å². The number of hydrogen-bond donors (Lipinski definition) is 1. The molecule has 0 amide bonds. The Morgan fingerprint density at radius 2 is 2.06 bits per heavy atom. The molecule has 2 nitrogen and oxygen atoms in total. The first kappa shape index (κ1) is 11.6. The topological polar surface area (TPSA) is 37.3 Å². The van der Waals surface area contributed by atoms with Crippen LogP contribution in [-0.4, -0.2) is 11.4 Å². The quantitative estimate of drug-likeness (QED) is 0.643. The normalized spacial score (nSPS) is 10.6. The van der Waals surface area contributed by atoms with Crippen molar-refractivity contribution in [3.63, 3.8) is 0 Å². The number of phenolic OH excluding ortho intramolecular Hbond substituents is 1. The van der Waals surface area contributed by atoms with Crippen LogP contribution in [0.2, 0.25) is 0 Å². The third-order valence-corrected chi connectivity index (χ3v) is 3.07. The van der Waals surface area contributed by atoms with Crippen LogP contribution in [0.4, 0.5) is 0 Å². The second kappa shape index (κ2) is 5.00. The van der Waals surface area contributed by atoms with E-state index in [2.05, 4.69) is 0 Å². The molecular weight excluding hydrogens is 212 g/mol. The van der Waals surface area contributed by atoms with Crippen LogP contribution in [0.25, 0.3) is 10.8 Å². The first-order chi connectivity index (χ1) is 8.24. The number of fused-ring (bicyclic) bond motifs is 1. The fourth-order valence-corrected chi connectivity index (χ4v) is 2.18. The van der Waals surface area contributed by atoms with Gasteiger partial charge in [0.25, 0.3) is 0 Å². The summed E-state index contributed by atoms with van der Waals surface area (Å²) >= 11 is 0. The van der Waals surface area contributed by atoms with Crippen LogP contribution in [0.1, 0.15) is 24.0 Å². The molecule has 0 aliphatic rings. The first-order valence-corrected chi connectivity index (χ1v) is 5.88. The number of aryl methyl sites for hydroxylation is 2. The van der Waals surface area contributed by atoms with E-state index in [9.17, 15) is 9.90 Å². The van der Waals surface area contributed by atoms with Crippen molar-refractivity contribution in [2.75, 3.05) is 0 Å². The van der Waals surface area contributed by atoms with Gasteiger partial charge in [-0.2, -0.15) is 0 Å². The van der Waals surface area contributed by atoms with E-state index in [1.807, 2.05) is 37.3 Å². The monoisotopic (exact) mass is 228 g/mol. The third-order valence-electron chi connectivity index (χ3n) is 3.07. The van der Waals surface area contributed by atoms with E-state index in [1.165, 1.54) is 0 Å². The zero-order chi connectivity index (χ0) is 12.3. The molecule has 2 rings (SSSR count). The summed E-state index contributed by atoms with van der Waals surface area (Å²) < 4.78 is 0. The highest BCUT2D eigenvalue weighted by Crippen LogP contribution is 2.31. The Labute approximate surface area is 101 Å². The molecule has 1 N–H and O–H groups in total. The van der Waals surface area contributed by atoms with Gasteiger partial charge in [-0.1, -0.05) is 24.3 Å². The number of unbranched alkanes of at least 4 members (excludes halogenated alkanes) is 1. The number of phenols is 1. The Balaban J connectivity index is 2.49. The summed E-state index contributed by atoms with van der Waals surface area (Å²) in [5.74, 6) is 0.370. The minimum absolute atomic E-state index is 0.370. The summed E-state index contributed by atoms with van der Waals surface area (Å²) in [4.78, 5) is 10.3. The molecule has 0 aliphatic heterocycles. The molecule has 17 heavy (non-hydrogen) atoms. The fourth-order valence-electron chi connectivity index (χ4n) is 2.18. The van der Waals surface area contributed by atoms with Crippen molar-refractivity contribution in [3.05, 3.63) is 41.5 Å². The number of aromatic hydroxyl groups is 1. The molecule has 0 radical (unpaired) electrons. The molecule has 0 saturated carbocycles. The van der Waals surface area contributed by atoms with E-state index in [0.29, 0.717) is 12.2 Å². The van der Waals surface area contributed by atoms with Gasteiger partial charge in [0.05, 0.1) is 0 Å². The summed E-state index contributed by atoms with van der Waals surface area (Å²) in [7, 11) is 0. The Hall–Kier alpha value is -1.83. The molecule has 2 heteroatoms. The summed E-state index contributed by atoms with van der Waals surface area (Å²) in [5.41, 5.74) is 1.85. The van der Waals surface area contributed by atoms with Crippen LogP contribution in [0, 0.1) is 6.92 Å². The van der Waals surface area contributed by atoms with E-state index in [0.717, 1.165) is 41.0 Å². The minimum Gasteiger partial charge on any atom is -0.507 e. The number of benzene rings is 2. The smallest absolute Gasteiger partial charge is 0.122 e. The highest BCUT2D eigenvalue weighted by Gasteiger charge is 2.09. The Morgan fingerprint density at radius 3 is 2.82 bits per heavy atom. The van der Waals surface area contributed by atoms with Crippen LogP contribution in [0.5, 0.6) is 5.75 Å². The molecule has 2 aromatic rings. The van der Waals surface area contributed by atoms with E-state index in [-0.39, 0.29) is 0 Å². The molecule has 88 valence electrons. The van der Waals surface area contributed by atoms with Crippen molar-refractivity contribution in [2.24, 2.45) is 0 Å². The molecule has 0 bridgehead atoms. The summed E-state index contributed by atoms with van der Waals surface area (Å²) in [5, 5.41) is 12.3. The summed E-state index contributed by atoms with van der Waals surface area (Å²) in [6.07, 6.45) is 2.99. The molecule has 0 heterocycles. The molecule has 0 atom stereocenters. The predicted octanol–water partition coefficient (Wildman–Crippen LogP) is 3.38. The fraction of sp³-hybridized carbons (Fsp3) is 0.267. The minimum atomic E-state index is 0.370. The average molecular weight is 228 g/mol. The van der Waals surface area contributed by atoms with Crippen LogP contribution in [0.3, 0.4) is 0 Å². The molecule has 0 unspecified atom stereocenters. The highest BCUT2D eigenvalue weighted by atomic mass is 16.3. The molecule has 0 aromatic heterocycles. The predicted molar refractivity (Wildman–Crippen MR) is 69.4 cm³/mol.